The van der Waals surface area contributed by atoms with Crippen molar-refractivity contribution < 1.29 is 4.39 Å². The fourth-order valence-corrected chi connectivity index (χ4v) is 1.82. The van der Waals surface area contributed by atoms with Crippen LogP contribution in [0.25, 0.3) is 11.3 Å². The Morgan fingerprint density at radius 2 is 2.13 bits per heavy atom. The van der Waals surface area contributed by atoms with Gasteiger partial charge in [0, 0.05) is 12.1 Å². The Morgan fingerprint density at radius 1 is 1.40 bits per heavy atom. The average Bonchev–Trinajstić information content (AvgIpc) is 2.60. The van der Waals surface area contributed by atoms with Crippen LogP contribution < -0.4 is 5.73 Å². The van der Waals surface area contributed by atoms with E-state index >= 15 is 0 Å². The van der Waals surface area contributed by atoms with Gasteiger partial charge in [0.25, 0.3) is 0 Å². The lowest BCUT2D eigenvalue weighted by Gasteiger charge is -2.01. The third-order valence-electron chi connectivity index (χ3n) is 2.08. The number of hydrogen-bond acceptors (Lipinski definition) is 2. The largest absolute Gasteiger partial charge is 0.335 e. The number of imidazole rings is 1. The van der Waals surface area contributed by atoms with E-state index in [9.17, 15) is 4.39 Å². The second-order valence-electron chi connectivity index (χ2n) is 3.04. The zero-order valence-corrected chi connectivity index (χ0v) is 9.38. The Labute approximate surface area is 94.7 Å². The van der Waals surface area contributed by atoms with Crippen LogP contribution >= 0.6 is 15.9 Å². The quantitative estimate of drug-likeness (QED) is 0.880. The molecule has 5 heteroatoms. The van der Waals surface area contributed by atoms with Crippen molar-refractivity contribution >= 4 is 15.9 Å². The minimum absolute atomic E-state index is 0.294. The van der Waals surface area contributed by atoms with E-state index in [0.29, 0.717) is 28.2 Å². The Bertz CT molecular complexity index is 481. The van der Waals surface area contributed by atoms with Crippen LogP contribution in [0.4, 0.5) is 4.39 Å². The molecular weight excluding hydrogens is 261 g/mol. The summed E-state index contributed by atoms with van der Waals surface area (Å²) >= 11 is 3.20. The number of nitrogens with one attached hydrogen (secondary N) is 1. The lowest BCUT2D eigenvalue weighted by molar-refractivity contribution is 0.630. The molecule has 0 aliphatic carbocycles. The summed E-state index contributed by atoms with van der Waals surface area (Å²) in [7, 11) is 0. The Kier molecular flexibility index (Phi) is 2.83. The number of benzene rings is 1. The van der Waals surface area contributed by atoms with E-state index in [1.807, 2.05) is 0 Å². The molecule has 1 aromatic carbocycles. The molecule has 2 rings (SSSR count). The van der Waals surface area contributed by atoms with Gasteiger partial charge in [-0.1, -0.05) is 12.1 Å². The van der Waals surface area contributed by atoms with Crippen molar-refractivity contribution in [3.05, 3.63) is 40.5 Å². The number of rotatable bonds is 2. The first kappa shape index (κ1) is 10.3. The van der Waals surface area contributed by atoms with Crippen LogP contribution in [0.2, 0.25) is 0 Å². The van der Waals surface area contributed by atoms with E-state index in [0.717, 1.165) is 0 Å². The van der Waals surface area contributed by atoms with Crippen molar-refractivity contribution in [3.8, 4) is 11.3 Å². The molecule has 0 spiro atoms. The summed E-state index contributed by atoms with van der Waals surface area (Å²) in [5.74, 6) is -0.300. The van der Waals surface area contributed by atoms with Gasteiger partial charge < -0.3 is 10.7 Å². The smallest absolute Gasteiger partial charge is 0.175 e. The molecule has 0 atom stereocenters. The van der Waals surface area contributed by atoms with E-state index in [2.05, 4.69) is 25.9 Å². The van der Waals surface area contributed by atoms with Crippen LogP contribution in [0.15, 0.2) is 29.0 Å². The first-order valence-corrected chi connectivity index (χ1v) is 5.21. The first-order chi connectivity index (χ1) is 7.22. The van der Waals surface area contributed by atoms with Gasteiger partial charge in [0.05, 0.1) is 11.4 Å². The number of aromatic amines is 1. The molecular formula is C10H9BrFN3. The molecule has 78 valence electrons. The molecule has 15 heavy (non-hydrogen) atoms. The monoisotopic (exact) mass is 269 g/mol. The fraction of sp³-hybridized carbons (Fsp3) is 0.100. The lowest BCUT2D eigenvalue weighted by Crippen LogP contribution is -1.99. The molecule has 0 amide bonds. The highest BCUT2D eigenvalue weighted by molar-refractivity contribution is 9.10. The summed E-state index contributed by atoms with van der Waals surface area (Å²) in [5, 5.41) is 0. The zero-order valence-electron chi connectivity index (χ0n) is 7.80. The van der Waals surface area contributed by atoms with Crippen LogP contribution in [0.1, 0.15) is 5.69 Å². The van der Waals surface area contributed by atoms with E-state index in [1.54, 1.807) is 18.2 Å². The Morgan fingerprint density at radius 3 is 2.80 bits per heavy atom. The van der Waals surface area contributed by atoms with Gasteiger partial charge >= 0.3 is 0 Å². The topological polar surface area (TPSA) is 54.7 Å². The maximum absolute atomic E-state index is 13.5. The van der Waals surface area contributed by atoms with E-state index in [1.165, 1.54) is 6.07 Å². The van der Waals surface area contributed by atoms with Crippen LogP contribution in [0.3, 0.4) is 0 Å². The number of halogens is 2. The van der Waals surface area contributed by atoms with E-state index in [-0.39, 0.29) is 5.82 Å². The summed E-state index contributed by atoms with van der Waals surface area (Å²) in [6.07, 6.45) is 0. The molecule has 0 saturated heterocycles. The molecule has 0 unspecified atom stereocenters. The third-order valence-corrected chi connectivity index (χ3v) is 2.46. The first-order valence-electron chi connectivity index (χ1n) is 4.41. The molecule has 1 heterocycles. The third kappa shape index (κ3) is 1.93. The maximum Gasteiger partial charge on any atom is 0.175 e. The lowest BCUT2D eigenvalue weighted by atomic mass is 10.1. The van der Waals surface area contributed by atoms with Crippen molar-refractivity contribution in [2.75, 3.05) is 0 Å². The average molecular weight is 270 g/mol. The highest BCUT2D eigenvalue weighted by Crippen LogP contribution is 2.25. The van der Waals surface area contributed by atoms with Crippen LogP contribution in [-0.2, 0) is 6.54 Å². The van der Waals surface area contributed by atoms with Crippen molar-refractivity contribution in [2.24, 2.45) is 5.73 Å². The van der Waals surface area contributed by atoms with Gasteiger partial charge in [-0.05, 0) is 28.1 Å². The summed E-state index contributed by atoms with van der Waals surface area (Å²) in [6.45, 7) is 0.294. The predicted octanol–water partition coefficient (Wildman–Crippen LogP) is 2.44. The molecule has 0 aliphatic heterocycles. The number of nitrogens with zero attached hydrogens (tertiary/aromatic N) is 1. The summed E-state index contributed by atoms with van der Waals surface area (Å²) in [4.78, 5) is 7.09. The number of nitrogens with two attached hydrogens (primary N) is 1. The SMILES string of the molecule is NCc1[nH]c(Br)nc1-c1ccccc1F. The summed E-state index contributed by atoms with van der Waals surface area (Å²) in [6, 6.07) is 6.49. The van der Waals surface area contributed by atoms with Gasteiger partial charge in [0.2, 0.25) is 0 Å². The zero-order chi connectivity index (χ0) is 10.8. The van der Waals surface area contributed by atoms with E-state index < -0.39 is 0 Å². The second-order valence-corrected chi connectivity index (χ2v) is 3.79. The van der Waals surface area contributed by atoms with Crippen LogP contribution in [0, 0.1) is 5.82 Å². The highest BCUT2D eigenvalue weighted by atomic mass is 79.9. The Hall–Kier alpha value is -1.20. The van der Waals surface area contributed by atoms with Gasteiger partial charge in [0.15, 0.2) is 4.73 Å². The van der Waals surface area contributed by atoms with Crippen LogP contribution in [0.5, 0.6) is 0 Å². The molecule has 2 aromatic rings. The van der Waals surface area contributed by atoms with Gasteiger partial charge in [-0.15, -0.1) is 0 Å². The molecule has 0 bridgehead atoms. The minimum atomic E-state index is -0.300. The fourth-order valence-electron chi connectivity index (χ4n) is 1.40. The molecule has 0 saturated carbocycles. The van der Waals surface area contributed by atoms with Crippen LogP contribution in [-0.4, -0.2) is 9.97 Å². The number of H-pyrrole nitrogens is 1. The van der Waals surface area contributed by atoms with Crippen molar-refractivity contribution in [1.29, 1.82) is 0 Å². The number of hydrogen-bond donors (Lipinski definition) is 2. The van der Waals surface area contributed by atoms with Gasteiger partial charge in [-0.2, -0.15) is 0 Å². The molecule has 1 aromatic heterocycles. The standard InChI is InChI=1S/C10H9BrFN3/c11-10-14-8(5-13)9(15-10)6-3-1-2-4-7(6)12/h1-4H,5,13H2,(H,14,15). The van der Waals surface area contributed by atoms with Gasteiger partial charge in [-0.3, -0.25) is 0 Å². The molecule has 0 aliphatic rings. The molecule has 3 nitrogen and oxygen atoms in total. The molecule has 0 radical (unpaired) electrons. The second kappa shape index (κ2) is 4.12. The minimum Gasteiger partial charge on any atom is -0.335 e. The highest BCUT2D eigenvalue weighted by Gasteiger charge is 2.12. The summed E-state index contributed by atoms with van der Waals surface area (Å²) < 4.78 is 14.0. The molecule has 0 fully saturated rings. The number of aromatic nitrogens is 2. The van der Waals surface area contributed by atoms with Gasteiger partial charge in [-0.25, -0.2) is 9.37 Å². The maximum atomic E-state index is 13.5. The normalized spacial score (nSPS) is 10.6. The van der Waals surface area contributed by atoms with Crippen molar-refractivity contribution in [2.45, 2.75) is 6.54 Å². The van der Waals surface area contributed by atoms with Crippen molar-refractivity contribution in [3.63, 3.8) is 0 Å². The van der Waals surface area contributed by atoms with Gasteiger partial charge in [0.1, 0.15) is 5.82 Å². The Balaban J connectivity index is 2.58. The summed E-state index contributed by atoms with van der Waals surface area (Å²) in [5.41, 5.74) is 7.27. The molecule has 3 N–H and O–H groups in total. The predicted molar refractivity (Wildman–Crippen MR) is 59.6 cm³/mol. The van der Waals surface area contributed by atoms with E-state index in [4.69, 9.17) is 5.73 Å². The van der Waals surface area contributed by atoms with Crippen molar-refractivity contribution in [1.82, 2.24) is 9.97 Å².